The summed E-state index contributed by atoms with van der Waals surface area (Å²) in [6, 6.07) is 8.49. The molecule has 1 unspecified atom stereocenters. The molecule has 23 heavy (non-hydrogen) atoms. The van der Waals surface area contributed by atoms with Crippen LogP contribution in [0.15, 0.2) is 36.7 Å². The number of hydrogen-bond donors (Lipinski definition) is 0. The van der Waals surface area contributed by atoms with Crippen LogP contribution in [0, 0.1) is 4.77 Å². The second kappa shape index (κ2) is 6.99. The van der Waals surface area contributed by atoms with Crippen molar-refractivity contribution in [2.24, 2.45) is 0 Å². The maximum atomic E-state index is 5.72. The van der Waals surface area contributed by atoms with Crippen LogP contribution in [0.1, 0.15) is 32.3 Å². The first kappa shape index (κ1) is 16.4. The smallest absolute Gasteiger partial charge is 0.185 e. The third-order valence-electron chi connectivity index (χ3n) is 4.34. The fourth-order valence-corrected chi connectivity index (χ4v) is 3.41. The summed E-state index contributed by atoms with van der Waals surface area (Å²) < 4.78 is 10.7. The highest BCUT2D eigenvalue weighted by Crippen LogP contribution is 2.23. The van der Waals surface area contributed by atoms with Gasteiger partial charge in [-0.25, -0.2) is 0 Å². The Balaban J connectivity index is 1.87. The molecule has 1 aliphatic heterocycles. The standard InChI is InChI=1S/C18H25N3OS/c1-14(2)16-6-4-5-7-17(16)21-9-8-20(18(21)23)13-19-10-11-22-15(3)12-19/h4-9,14-15H,10-13H2,1-3H3. The molecule has 0 bridgehead atoms. The second-order valence-electron chi connectivity index (χ2n) is 6.53. The van der Waals surface area contributed by atoms with Crippen molar-refractivity contribution in [3.63, 3.8) is 0 Å². The number of aromatic nitrogens is 2. The number of benzene rings is 1. The molecule has 0 spiro atoms. The zero-order chi connectivity index (χ0) is 16.4. The van der Waals surface area contributed by atoms with Gasteiger partial charge in [0.2, 0.25) is 0 Å². The number of para-hydroxylation sites is 1. The summed E-state index contributed by atoms with van der Waals surface area (Å²) in [5.74, 6) is 0.469. The maximum Gasteiger partial charge on any atom is 0.185 e. The lowest BCUT2D eigenvalue weighted by atomic mass is 10.0. The van der Waals surface area contributed by atoms with Gasteiger partial charge >= 0.3 is 0 Å². The topological polar surface area (TPSA) is 22.3 Å². The molecule has 1 aromatic carbocycles. The molecule has 1 aromatic heterocycles. The van der Waals surface area contributed by atoms with Gasteiger partial charge < -0.3 is 9.30 Å². The fourth-order valence-electron chi connectivity index (χ4n) is 3.13. The molecule has 3 rings (SSSR count). The van der Waals surface area contributed by atoms with Crippen molar-refractivity contribution in [3.05, 3.63) is 47.0 Å². The van der Waals surface area contributed by atoms with Crippen molar-refractivity contribution >= 4 is 12.2 Å². The minimum absolute atomic E-state index is 0.293. The van der Waals surface area contributed by atoms with Crippen LogP contribution in [-0.2, 0) is 11.4 Å². The van der Waals surface area contributed by atoms with Crippen LogP contribution < -0.4 is 0 Å². The van der Waals surface area contributed by atoms with Gasteiger partial charge in [-0.2, -0.15) is 0 Å². The Morgan fingerprint density at radius 1 is 1.26 bits per heavy atom. The van der Waals surface area contributed by atoms with Crippen molar-refractivity contribution in [3.8, 4) is 5.69 Å². The van der Waals surface area contributed by atoms with E-state index in [4.69, 9.17) is 17.0 Å². The van der Waals surface area contributed by atoms with Crippen molar-refractivity contribution in [1.29, 1.82) is 0 Å². The van der Waals surface area contributed by atoms with Gasteiger partial charge in [-0.15, -0.1) is 0 Å². The average Bonchev–Trinajstić information content (AvgIpc) is 2.88. The molecular weight excluding hydrogens is 306 g/mol. The third-order valence-corrected chi connectivity index (χ3v) is 4.77. The van der Waals surface area contributed by atoms with Crippen LogP contribution in [0.25, 0.3) is 5.69 Å². The normalized spacial score (nSPS) is 19.4. The lowest BCUT2D eigenvalue weighted by molar-refractivity contribution is -0.0292. The SMILES string of the molecule is CC1CN(Cn2ccn(-c3ccccc3C(C)C)c2=S)CCO1. The number of ether oxygens (including phenoxy) is 1. The number of hydrogen-bond acceptors (Lipinski definition) is 3. The molecule has 1 aliphatic rings. The lowest BCUT2D eigenvalue weighted by Gasteiger charge is -2.31. The molecule has 1 atom stereocenters. The molecule has 0 radical (unpaired) electrons. The van der Waals surface area contributed by atoms with E-state index in [-0.39, 0.29) is 0 Å². The summed E-state index contributed by atoms with van der Waals surface area (Å²) in [4.78, 5) is 2.39. The Kier molecular flexibility index (Phi) is 4.99. The molecule has 1 saturated heterocycles. The molecular formula is C18H25N3OS. The van der Waals surface area contributed by atoms with Crippen LogP contribution in [0.3, 0.4) is 0 Å². The molecule has 5 heteroatoms. The monoisotopic (exact) mass is 331 g/mol. The van der Waals surface area contributed by atoms with E-state index in [9.17, 15) is 0 Å². The van der Waals surface area contributed by atoms with Crippen molar-refractivity contribution in [2.75, 3.05) is 19.7 Å². The van der Waals surface area contributed by atoms with Gasteiger partial charge in [0.25, 0.3) is 0 Å². The molecule has 0 aliphatic carbocycles. The summed E-state index contributed by atoms with van der Waals surface area (Å²) >= 11 is 5.72. The van der Waals surface area contributed by atoms with Crippen LogP contribution in [-0.4, -0.2) is 39.8 Å². The molecule has 4 nitrogen and oxygen atoms in total. The van der Waals surface area contributed by atoms with Crippen molar-refractivity contribution in [2.45, 2.75) is 39.5 Å². The first-order valence-electron chi connectivity index (χ1n) is 8.27. The Morgan fingerprint density at radius 3 is 2.78 bits per heavy atom. The van der Waals surface area contributed by atoms with Gasteiger partial charge in [-0.3, -0.25) is 9.47 Å². The van der Waals surface area contributed by atoms with E-state index in [1.54, 1.807) is 0 Å². The first-order chi connectivity index (χ1) is 11.1. The molecule has 2 aromatic rings. The number of nitrogens with zero attached hydrogens (tertiary/aromatic N) is 3. The van der Waals surface area contributed by atoms with E-state index in [2.05, 4.69) is 71.5 Å². The van der Waals surface area contributed by atoms with Crippen molar-refractivity contribution < 1.29 is 4.74 Å². The van der Waals surface area contributed by atoms with E-state index >= 15 is 0 Å². The van der Waals surface area contributed by atoms with Crippen LogP contribution in [0.4, 0.5) is 0 Å². The highest BCUT2D eigenvalue weighted by molar-refractivity contribution is 7.71. The Labute approximate surface area is 143 Å². The van der Waals surface area contributed by atoms with Gasteiger partial charge in [-0.05, 0) is 36.7 Å². The van der Waals surface area contributed by atoms with E-state index in [0.29, 0.717) is 12.0 Å². The fraction of sp³-hybridized carbons (Fsp3) is 0.500. The molecule has 2 heterocycles. The summed E-state index contributed by atoms with van der Waals surface area (Å²) in [6.45, 7) is 10.1. The van der Waals surface area contributed by atoms with E-state index in [1.165, 1.54) is 11.3 Å². The minimum Gasteiger partial charge on any atom is -0.376 e. The van der Waals surface area contributed by atoms with E-state index < -0.39 is 0 Å². The quantitative estimate of drug-likeness (QED) is 0.796. The summed E-state index contributed by atoms with van der Waals surface area (Å²) in [5.41, 5.74) is 2.50. The van der Waals surface area contributed by atoms with Gasteiger partial charge in [0, 0.05) is 25.5 Å². The van der Waals surface area contributed by atoms with E-state index in [1.807, 2.05) is 0 Å². The predicted octanol–water partition coefficient (Wildman–Crippen LogP) is 3.81. The minimum atomic E-state index is 0.293. The first-order valence-corrected chi connectivity index (χ1v) is 8.68. The zero-order valence-electron chi connectivity index (χ0n) is 14.1. The summed E-state index contributed by atoms with van der Waals surface area (Å²) in [6.07, 6.45) is 4.45. The van der Waals surface area contributed by atoms with Gasteiger partial charge in [0.1, 0.15) is 0 Å². The van der Waals surface area contributed by atoms with Crippen LogP contribution >= 0.6 is 12.2 Å². The van der Waals surface area contributed by atoms with Crippen LogP contribution in [0.5, 0.6) is 0 Å². The molecule has 0 N–H and O–H groups in total. The second-order valence-corrected chi connectivity index (χ2v) is 6.90. The summed E-state index contributed by atoms with van der Waals surface area (Å²) in [7, 11) is 0. The average molecular weight is 331 g/mol. The Bertz CT molecular complexity index is 719. The number of rotatable bonds is 4. The van der Waals surface area contributed by atoms with E-state index in [0.717, 1.165) is 31.1 Å². The van der Waals surface area contributed by atoms with Gasteiger partial charge in [0.05, 0.1) is 25.1 Å². The molecule has 0 amide bonds. The third kappa shape index (κ3) is 3.57. The number of morpholine rings is 1. The zero-order valence-corrected chi connectivity index (χ0v) is 14.9. The molecule has 0 saturated carbocycles. The van der Waals surface area contributed by atoms with Gasteiger partial charge in [-0.1, -0.05) is 32.0 Å². The molecule has 124 valence electrons. The highest BCUT2D eigenvalue weighted by atomic mass is 32.1. The number of imidazole rings is 1. The highest BCUT2D eigenvalue weighted by Gasteiger charge is 2.17. The van der Waals surface area contributed by atoms with Gasteiger partial charge in [0.15, 0.2) is 4.77 Å². The maximum absolute atomic E-state index is 5.72. The Hall–Kier alpha value is -1.43. The van der Waals surface area contributed by atoms with Crippen LogP contribution in [0.2, 0.25) is 0 Å². The van der Waals surface area contributed by atoms with Crippen molar-refractivity contribution in [1.82, 2.24) is 14.0 Å². The Morgan fingerprint density at radius 2 is 2.04 bits per heavy atom. The lowest BCUT2D eigenvalue weighted by Crippen LogP contribution is -2.41. The predicted molar refractivity (Wildman–Crippen MR) is 95.7 cm³/mol. The molecule has 1 fully saturated rings. The largest absolute Gasteiger partial charge is 0.376 e. The summed E-state index contributed by atoms with van der Waals surface area (Å²) in [5, 5.41) is 0.